The molecule has 1 aliphatic rings. The van der Waals surface area contributed by atoms with Gasteiger partial charge in [-0.25, -0.2) is 4.98 Å². The van der Waals surface area contributed by atoms with Crippen LogP contribution in [0.3, 0.4) is 0 Å². The van der Waals surface area contributed by atoms with Gasteiger partial charge in [0.15, 0.2) is 0 Å². The Morgan fingerprint density at radius 2 is 1.84 bits per heavy atom. The number of amides is 2. The second-order valence-corrected chi connectivity index (χ2v) is 6.39. The molecule has 8 heteroatoms. The van der Waals surface area contributed by atoms with E-state index in [0.717, 1.165) is 0 Å². The molecule has 0 bridgehead atoms. The van der Waals surface area contributed by atoms with Crippen LogP contribution < -0.4 is 11.3 Å². The van der Waals surface area contributed by atoms with Gasteiger partial charge in [0.05, 0.1) is 0 Å². The van der Waals surface area contributed by atoms with E-state index in [1.165, 1.54) is 6.20 Å². The van der Waals surface area contributed by atoms with Gasteiger partial charge in [0, 0.05) is 35.8 Å². The van der Waals surface area contributed by atoms with Crippen LogP contribution in [0.25, 0.3) is 11.4 Å². The van der Waals surface area contributed by atoms with Crippen LogP contribution in [0.2, 0.25) is 5.02 Å². The molecule has 0 aliphatic carbocycles. The van der Waals surface area contributed by atoms with E-state index in [1.54, 1.807) is 29.2 Å². The summed E-state index contributed by atoms with van der Waals surface area (Å²) in [5.41, 5.74) is 5.47. The highest BCUT2D eigenvalue weighted by atomic mass is 35.5. The summed E-state index contributed by atoms with van der Waals surface area (Å²) in [6.45, 7) is 0.787. The third-order valence-electron chi connectivity index (χ3n) is 4.33. The van der Waals surface area contributed by atoms with Crippen molar-refractivity contribution in [2.24, 2.45) is 11.7 Å². The van der Waals surface area contributed by atoms with Crippen LogP contribution >= 0.6 is 11.6 Å². The molecule has 130 valence electrons. The second kappa shape index (κ2) is 7.06. The van der Waals surface area contributed by atoms with Gasteiger partial charge < -0.3 is 15.6 Å². The zero-order valence-electron chi connectivity index (χ0n) is 13.4. The van der Waals surface area contributed by atoms with E-state index in [-0.39, 0.29) is 23.3 Å². The van der Waals surface area contributed by atoms with E-state index in [9.17, 15) is 14.4 Å². The average Bonchev–Trinajstić information content (AvgIpc) is 2.62. The van der Waals surface area contributed by atoms with Crippen molar-refractivity contribution in [1.29, 1.82) is 0 Å². The number of primary amides is 1. The Morgan fingerprint density at radius 3 is 2.40 bits per heavy atom. The second-order valence-electron chi connectivity index (χ2n) is 5.95. The Balaban J connectivity index is 1.77. The van der Waals surface area contributed by atoms with Gasteiger partial charge >= 0.3 is 0 Å². The SMILES string of the molecule is NC(=O)C1CCN(C(=O)c2cnc(-c3ccc(Cl)cc3)[nH]c2=O)CC1. The minimum Gasteiger partial charge on any atom is -0.369 e. The Hall–Kier alpha value is -2.67. The normalized spacial score (nSPS) is 15.2. The van der Waals surface area contributed by atoms with Gasteiger partial charge in [-0.2, -0.15) is 0 Å². The summed E-state index contributed by atoms with van der Waals surface area (Å²) in [6, 6.07) is 6.85. The van der Waals surface area contributed by atoms with E-state index in [1.807, 2.05) is 0 Å². The maximum atomic E-state index is 12.5. The minimum atomic E-state index is -0.498. The third-order valence-corrected chi connectivity index (χ3v) is 4.58. The maximum Gasteiger partial charge on any atom is 0.264 e. The smallest absolute Gasteiger partial charge is 0.264 e. The molecule has 0 saturated carbocycles. The standard InChI is InChI=1S/C17H17ClN4O3/c18-12-3-1-11(2-4-12)15-20-9-13(16(24)21-15)17(25)22-7-5-10(6-8-22)14(19)23/h1-4,9-10H,5-8H2,(H2,19,23)(H,20,21,24). The Bertz CT molecular complexity index is 855. The molecule has 2 heterocycles. The minimum absolute atomic E-state index is 0.0183. The number of hydrogen-bond donors (Lipinski definition) is 2. The molecule has 2 aromatic rings. The highest BCUT2D eigenvalue weighted by molar-refractivity contribution is 6.30. The summed E-state index contributed by atoms with van der Waals surface area (Å²) in [4.78, 5) is 44.4. The van der Waals surface area contributed by atoms with Crippen LogP contribution in [0.15, 0.2) is 35.3 Å². The number of nitrogens with two attached hydrogens (primary N) is 1. The Morgan fingerprint density at radius 1 is 1.20 bits per heavy atom. The molecule has 3 N–H and O–H groups in total. The molecule has 1 aliphatic heterocycles. The summed E-state index contributed by atoms with van der Waals surface area (Å²) in [6.07, 6.45) is 2.30. The van der Waals surface area contributed by atoms with Crippen molar-refractivity contribution in [3.8, 4) is 11.4 Å². The van der Waals surface area contributed by atoms with Gasteiger partial charge in [-0.3, -0.25) is 14.4 Å². The highest BCUT2D eigenvalue weighted by Crippen LogP contribution is 2.19. The van der Waals surface area contributed by atoms with Crippen molar-refractivity contribution < 1.29 is 9.59 Å². The molecular formula is C17H17ClN4O3. The molecule has 1 aromatic carbocycles. The lowest BCUT2D eigenvalue weighted by atomic mass is 9.96. The molecule has 0 radical (unpaired) electrons. The number of aromatic nitrogens is 2. The van der Waals surface area contributed by atoms with E-state index in [0.29, 0.717) is 42.3 Å². The first-order valence-electron chi connectivity index (χ1n) is 7.89. The van der Waals surface area contributed by atoms with Crippen LogP contribution in [-0.4, -0.2) is 39.8 Å². The molecule has 0 atom stereocenters. The van der Waals surface area contributed by atoms with Crippen LogP contribution in [-0.2, 0) is 4.79 Å². The molecule has 1 saturated heterocycles. The molecule has 1 aromatic heterocycles. The van der Waals surface area contributed by atoms with Crippen LogP contribution in [0.5, 0.6) is 0 Å². The molecule has 2 amide bonds. The number of benzene rings is 1. The summed E-state index contributed by atoms with van der Waals surface area (Å²) in [5.74, 6) is -0.586. The van der Waals surface area contributed by atoms with Gasteiger partial charge in [0.25, 0.3) is 11.5 Å². The average molecular weight is 361 g/mol. The van der Waals surface area contributed by atoms with Crippen molar-refractivity contribution in [3.05, 3.63) is 51.4 Å². The predicted octanol–water partition coefficient (Wildman–Crippen LogP) is 1.43. The highest BCUT2D eigenvalue weighted by Gasteiger charge is 2.27. The molecule has 3 rings (SSSR count). The Kier molecular flexibility index (Phi) is 4.85. The number of carbonyl (C=O) groups excluding carboxylic acids is 2. The van der Waals surface area contributed by atoms with E-state index >= 15 is 0 Å². The number of halogens is 1. The monoisotopic (exact) mass is 360 g/mol. The fourth-order valence-corrected chi connectivity index (χ4v) is 2.97. The van der Waals surface area contributed by atoms with Crippen LogP contribution in [0, 0.1) is 5.92 Å². The number of likely N-dealkylation sites (tertiary alicyclic amines) is 1. The van der Waals surface area contributed by atoms with Gasteiger partial charge in [-0.05, 0) is 37.1 Å². The quantitative estimate of drug-likeness (QED) is 0.862. The van der Waals surface area contributed by atoms with Crippen molar-refractivity contribution in [2.75, 3.05) is 13.1 Å². The molecule has 0 spiro atoms. The van der Waals surface area contributed by atoms with Gasteiger partial charge in [-0.1, -0.05) is 11.6 Å². The van der Waals surface area contributed by atoms with Gasteiger partial charge in [-0.15, -0.1) is 0 Å². The summed E-state index contributed by atoms with van der Waals surface area (Å²) < 4.78 is 0. The number of H-pyrrole nitrogens is 1. The van der Waals surface area contributed by atoms with Crippen molar-refractivity contribution in [3.63, 3.8) is 0 Å². The number of rotatable bonds is 3. The maximum absolute atomic E-state index is 12.5. The van der Waals surface area contributed by atoms with E-state index in [2.05, 4.69) is 9.97 Å². The summed E-state index contributed by atoms with van der Waals surface area (Å²) in [7, 11) is 0. The first-order valence-corrected chi connectivity index (χ1v) is 8.27. The molecule has 7 nitrogen and oxygen atoms in total. The molecule has 0 unspecified atom stereocenters. The number of carbonyl (C=O) groups is 2. The zero-order valence-corrected chi connectivity index (χ0v) is 14.1. The molecule has 1 fully saturated rings. The molecular weight excluding hydrogens is 344 g/mol. The number of piperidine rings is 1. The van der Waals surface area contributed by atoms with Gasteiger partial charge in [0.1, 0.15) is 11.4 Å². The lowest BCUT2D eigenvalue weighted by molar-refractivity contribution is -0.123. The lowest BCUT2D eigenvalue weighted by Gasteiger charge is -2.30. The fraction of sp³-hybridized carbons (Fsp3) is 0.294. The van der Waals surface area contributed by atoms with Crippen molar-refractivity contribution in [1.82, 2.24) is 14.9 Å². The van der Waals surface area contributed by atoms with Crippen molar-refractivity contribution >= 4 is 23.4 Å². The topological polar surface area (TPSA) is 109 Å². The van der Waals surface area contributed by atoms with Crippen LogP contribution in [0.4, 0.5) is 0 Å². The number of aromatic amines is 1. The predicted molar refractivity (Wildman–Crippen MR) is 93.1 cm³/mol. The zero-order chi connectivity index (χ0) is 18.0. The Labute approximate surface area is 148 Å². The third kappa shape index (κ3) is 3.71. The van der Waals surface area contributed by atoms with Crippen LogP contribution in [0.1, 0.15) is 23.2 Å². The van der Waals surface area contributed by atoms with E-state index < -0.39 is 5.56 Å². The van der Waals surface area contributed by atoms with Crippen molar-refractivity contribution in [2.45, 2.75) is 12.8 Å². The van der Waals surface area contributed by atoms with Gasteiger partial charge in [0.2, 0.25) is 5.91 Å². The first-order chi connectivity index (χ1) is 12.0. The number of nitrogens with one attached hydrogen (secondary N) is 1. The lowest BCUT2D eigenvalue weighted by Crippen LogP contribution is -2.43. The first kappa shape index (κ1) is 17.2. The fourth-order valence-electron chi connectivity index (χ4n) is 2.84. The summed E-state index contributed by atoms with van der Waals surface area (Å²) >= 11 is 5.84. The largest absolute Gasteiger partial charge is 0.369 e. The summed E-state index contributed by atoms with van der Waals surface area (Å²) in [5, 5.41) is 0.581. The van der Waals surface area contributed by atoms with E-state index in [4.69, 9.17) is 17.3 Å². The number of nitrogens with zero attached hydrogens (tertiary/aromatic N) is 2. The molecule has 25 heavy (non-hydrogen) atoms. The number of hydrogen-bond acceptors (Lipinski definition) is 4.